The molecule has 5 heteroatoms. The molecule has 0 saturated heterocycles. The minimum absolute atomic E-state index is 0.0397. The van der Waals surface area contributed by atoms with Gasteiger partial charge < -0.3 is 4.90 Å². The molecule has 0 unspecified atom stereocenters. The van der Waals surface area contributed by atoms with Crippen LogP contribution >= 0.6 is 11.6 Å². The van der Waals surface area contributed by atoms with Gasteiger partial charge in [-0.15, -0.1) is 0 Å². The van der Waals surface area contributed by atoms with Crippen molar-refractivity contribution in [3.63, 3.8) is 0 Å². The van der Waals surface area contributed by atoms with Gasteiger partial charge in [-0.25, -0.2) is 4.98 Å². The number of hydrogen-bond donors (Lipinski definition) is 0. The van der Waals surface area contributed by atoms with E-state index in [1.807, 2.05) is 4.90 Å². The summed E-state index contributed by atoms with van der Waals surface area (Å²) in [5.41, 5.74) is 0.356. The van der Waals surface area contributed by atoms with Crippen molar-refractivity contribution in [2.45, 2.75) is 90.9 Å². The lowest BCUT2D eigenvalue weighted by molar-refractivity contribution is 0.0742. The fraction of sp³-hybridized carbons (Fsp3) is 0.762. The largest absolute Gasteiger partial charge is 0.337 e. The zero-order valence-electron chi connectivity index (χ0n) is 16.7. The highest BCUT2D eigenvalue weighted by Crippen LogP contribution is 2.12. The summed E-state index contributed by atoms with van der Waals surface area (Å²) in [5.74, 6) is -0.0397. The molecule has 0 spiro atoms. The third kappa shape index (κ3) is 10.1. The van der Waals surface area contributed by atoms with E-state index in [0.717, 1.165) is 25.9 Å². The van der Waals surface area contributed by atoms with Crippen molar-refractivity contribution in [3.05, 3.63) is 23.2 Å². The van der Waals surface area contributed by atoms with Gasteiger partial charge in [0.2, 0.25) is 0 Å². The number of unbranched alkanes of at least 4 members (excludes halogenated alkanes) is 10. The van der Waals surface area contributed by atoms with Crippen LogP contribution in [0.2, 0.25) is 5.15 Å². The van der Waals surface area contributed by atoms with Crippen molar-refractivity contribution in [1.82, 2.24) is 14.9 Å². The van der Waals surface area contributed by atoms with Crippen LogP contribution in [0.3, 0.4) is 0 Å². The van der Waals surface area contributed by atoms with Gasteiger partial charge >= 0.3 is 0 Å². The van der Waals surface area contributed by atoms with E-state index >= 15 is 0 Å². The second-order valence-electron chi connectivity index (χ2n) is 7.05. The number of halogens is 1. The van der Waals surface area contributed by atoms with E-state index in [2.05, 4.69) is 23.8 Å². The van der Waals surface area contributed by atoms with Crippen LogP contribution in [-0.2, 0) is 0 Å². The summed E-state index contributed by atoms with van der Waals surface area (Å²) >= 11 is 5.90. The molecule has 1 rings (SSSR count). The fourth-order valence-corrected chi connectivity index (χ4v) is 3.24. The van der Waals surface area contributed by atoms with Gasteiger partial charge in [0.05, 0.1) is 12.4 Å². The minimum Gasteiger partial charge on any atom is -0.337 e. The average molecular weight is 382 g/mol. The number of amides is 1. The van der Waals surface area contributed by atoms with Crippen molar-refractivity contribution in [2.24, 2.45) is 0 Å². The summed E-state index contributed by atoms with van der Waals surface area (Å²) in [6.45, 7) is 6.06. The first-order chi connectivity index (χ1) is 12.7. The first kappa shape index (κ1) is 22.9. The Kier molecular flexibility index (Phi) is 13.2. The molecule has 1 aromatic heterocycles. The molecule has 0 aliphatic heterocycles. The van der Waals surface area contributed by atoms with E-state index in [9.17, 15) is 4.79 Å². The lowest BCUT2D eigenvalue weighted by Gasteiger charge is -2.22. The molecule has 0 aliphatic carbocycles. The lowest BCUT2D eigenvalue weighted by Crippen LogP contribution is -2.33. The van der Waals surface area contributed by atoms with Crippen LogP contribution in [0.5, 0.6) is 0 Å². The smallest absolute Gasteiger partial charge is 0.274 e. The molecule has 0 radical (unpaired) electrons. The van der Waals surface area contributed by atoms with Gasteiger partial charge in [-0.1, -0.05) is 89.7 Å². The normalized spacial score (nSPS) is 10.9. The summed E-state index contributed by atoms with van der Waals surface area (Å²) in [6, 6.07) is 0. The number of nitrogens with zero attached hydrogens (tertiary/aromatic N) is 3. The predicted molar refractivity (Wildman–Crippen MR) is 110 cm³/mol. The van der Waals surface area contributed by atoms with E-state index in [1.54, 1.807) is 0 Å². The van der Waals surface area contributed by atoms with Crippen molar-refractivity contribution in [2.75, 3.05) is 13.1 Å². The minimum atomic E-state index is -0.0397. The average Bonchev–Trinajstić information content (AvgIpc) is 2.65. The van der Waals surface area contributed by atoms with E-state index in [1.165, 1.54) is 76.6 Å². The van der Waals surface area contributed by atoms with Gasteiger partial charge in [-0.2, -0.15) is 0 Å². The maximum Gasteiger partial charge on any atom is 0.274 e. The zero-order valence-corrected chi connectivity index (χ0v) is 17.4. The molecule has 1 heterocycles. The highest BCUT2D eigenvalue weighted by molar-refractivity contribution is 6.29. The first-order valence-electron chi connectivity index (χ1n) is 10.5. The molecule has 4 nitrogen and oxygen atoms in total. The monoisotopic (exact) mass is 381 g/mol. The maximum atomic E-state index is 12.8. The topological polar surface area (TPSA) is 46.1 Å². The van der Waals surface area contributed by atoms with Crippen LogP contribution in [-0.4, -0.2) is 33.9 Å². The third-order valence-corrected chi connectivity index (χ3v) is 4.86. The Labute approximate surface area is 164 Å². The number of aromatic nitrogens is 2. The molecule has 0 bridgehead atoms. The number of carbonyl (C=O) groups is 1. The zero-order chi connectivity index (χ0) is 19.0. The highest BCUT2D eigenvalue weighted by Gasteiger charge is 2.17. The highest BCUT2D eigenvalue weighted by atomic mass is 35.5. The number of carbonyl (C=O) groups excluding carboxylic acids is 1. The van der Waals surface area contributed by atoms with Gasteiger partial charge in [-0.05, 0) is 12.8 Å². The molecule has 0 atom stereocenters. The summed E-state index contributed by atoms with van der Waals surface area (Å²) in [5, 5.41) is 0.273. The summed E-state index contributed by atoms with van der Waals surface area (Å²) in [6.07, 6.45) is 17.7. The molecular formula is C21H36ClN3O. The third-order valence-electron chi connectivity index (χ3n) is 4.67. The van der Waals surface area contributed by atoms with Crippen molar-refractivity contribution < 1.29 is 4.79 Å². The van der Waals surface area contributed by atoms with E-state index in [-0.39, 0.29) is 11.1 Å². The molecule has 0 N–H and O–H groups in total. The van der Waals surface area contributed by atoms with Crippen LogP contribution < -0.4 is 0 Å². The van der Waals surface area contributed by atoms with Gasteiger partial charge in [0.1, 0.15) is 10.8 Å². The molecular weight excluding hydrogens is 346 g/mol. The van der Waals surface area contributed by atoms with Crippen molar-refractivity contribution >= 4 is 17.5 Å². The van der Waals surface area contributed by atoms with Gasteiger partial charge in [0, 0.05) is 13.1 Å². The van der Waals surface area contributed by atoms with Crippen LogP contribution in [0.25, 0.3) is 0 Å². The van der Waals surface area contributed by atoms with Gasteiger partial charge in [0.15, 0.2) is 0 Å². The second-order valence-corrected chi connectivity index (χ2v) is 7.44. The molecule has 0 aromatic carbocycles. The van der Waals surface area contributed by atoms with Crippen LogP contribution in [0.1, 0.15) is 101 Å². The Hall–Kier alpha value is -1.16. The fourth-order valence-electron chi connectivity index (χ4n) is 3.09. The van der Waals surface area contributed by atoms with E-state index in [0.29, 0.717) is 5.69 Å². The number of rotatable bonds is 15. The van der Waals surface area contributed by atoms with Gasteiger partial charge in [-0.3, -0.25) is 9.78 Å². The Morgan fingerprint density at radius 1 is 0.846 bits per heavy atom. The molecule has 1 aromatic rings. The second kappa shape index (κ2) is 15.0. The predicted octanol–water partition coefficient (Wildman–Crippen LogP) is 6.29. The van der Waals surface area contributed by atoms with Crippen LogP contribution in [0.15, 0.2) is 12.4 Å². The Morgan fingerprint density at radius 2 is 1.35 bits per heavy atom. The Bertz CT molecular complexity index is 480. The van der Waals surface area contributed by atoms with Crippen molar-refractivity contribution in [3.8, 4) is 0 Å². The molecule has 0 saturated carbocycles. The van der Waals surface area contributed by atoms with Gasteiger partial charge in [0.25, 0.3) is 5.91 Å². The molecule has 0 aliphatic rings. The summed E-state index contributed by atoms with van der Waals surface area (Å²) in [4.78, 5) is 22.9. The quantitative estimate of drug-likeness (QED) is 0.335. The van der Waals surface area contributed by atoms with E-state index < -0.39 is 0 Å². The van der Waals surface area contributed by atoms with Crippen molar-refractivity contribution in [1.29, 1.82) is 0 Å². The molecule has 1 amide bonds. The van der Waals surface area contributed by atoms with Crippen LogP contribution in [0.4, 0.5) is 0 Å². The maximum absolute atomic E-state index is 12.8. The van der Waals surface area contributed by atoms with Crippen LogP contribution in [0, 0.1) is 0 Å². The Balaban J connectivity index is 2.47. The summed E-state index contributed by atoms with van der Waals surface area (Å²) < 4.78 is 0. The molecule has 26 heavy (non-hydrogen) atoms. The lowest BCUT2D eigenvalue weighted by atomic mass is 10.1. The standard InChI is InChI=1S/C21H36ClN3O/c1-3-5-7-9-11-13-15-25(16-14-12-10-8-6-4-2)21(26)19-17-23-18-20(22)24-19/h17-18H,3-16H2,1-2H3. The first-order valence-corrected chi connectivity index (χ1v) is 10.8. The SMILES string of the molecule is CCCCCCCCN(CCCCCCCC)C(=O)c1cncc(Cl)n1. The molecule has 0 fully saturated rings. The van der Waals surface area contributed by atoms with E-state index in [4.69, 9.17) is 11.6 Å². The number of hydrogen-bond acceptors (Lipinski definition) is 3. The summed E-state index contributed by atoms with van der Waals surface area (Å²) in [7, 11) is 0. The Morgan fingerprint density at radius 3 is 1.85 bits per heavy atom. The molecule has 148 valence electrons.